The number of rotatable bonds is 0. The normalized spacial score (nSPS) is 35.5. The molecule has 0 amide bonds. The van der Waals surface area contributed by atoms with E-state index in [4.69, 9.17) is 0 Å². The Morgan fingerprint density at radius 1 is 1.41 bits per heavy atom. The zero-order valence-electron chi connectivity index (χ0n) is 10.4. The third-order valence-corrected chi connectivity index (χ3v) is 5.04. The summed E-state index contributed by atoms with van der Waals surface area (Å²) >= 11 is 0. The first-order valence-electron chi connectivity index (χ1n) is 6.42. The van der Waals surface area contributed by atoms with Crippen molar-refractivity contribution in [1.29, 1.82) is 0 Å². The molecule has 1 N–H and O–H groups in total. The van der Waals surface area contributed by atoms with E-state index in [-0.39, 0.29) is 22.9 Å². The van der Waals surface area contributed by atoms with Gasteiger partial charge in [-0.25, -0.2) is 0 Å². The Bertz CT molecular complexity index is 492. The van der Waals surface area contributed by atoms with Crippen molar-refractivity contribution in [1.82, 2.24) is 0 Å². The first-order valence-corrected chi connectivity index (χ1v) is 6.42. The molecule has 0 unspecified atom stereocenters. The minimum Gasteiger partial charge on any atom is -0.508 e. The molecule has 2 heteroatoms. The second-order valence-corrected chi connectivity index (χ2v) is 5.80. The van der Waals surface area contributed by atoms with Gasteiger partial charge in [0.25, 0.3) is 0 Å². The van der Waals surface area contributed by atoms with Gasteiger partial charge < -0.3 is 5.11 Å². The Morgan fingerprint density at radius 3 is 2.94 bits per heavy atom. The monoisotopic (exact) mass is 230 g/mol. The van der Waals surface area contributed by atoms with Crippen molar-refractivity contribution in [3.63, 3.8) is 0 Å². The average molecular weight is 230 g/mol. The minimum atomic E-state index is 0.0604. The van der Waals surface area contributed by atoms with Gasteiger partial charge >= 0.3 is 0 Å². The summed E-state index contributed by atoms with van der Waals surface area (Å²) in [5.74, 6) is 1.13. The Balaban J connectivity index is 2.26. The Morgan fingerprint density at radius 2 is 2.18 bits per heavy atom. The fourth-order valence-electron chi connectivity index (χ4n) is 3.77. The van der Waals surface area contributed by atoms with Crippen molar-refractivity contribution >= 4 is 5.78 Å². The Labute approximate surface area is 102 Å². The van der Waals surface area contributed by atoms with Crippen molar-refractivity contribution in [2.24, 2.45) is 11.8 Å². The summed E-state index contributed by atoms with van der Waals surface area (Å²) in [5, 5.41) is 9.66. The molecule has 2 nitrogen and oxygen atoms in total. The standard InChI is InChI=1S/C15H18O2/c1-9-11-4-3-7-15(9,2)13-8-10(16)5-6-12(13)14(11)17/h5-6,8-9,11,16H,3-4,7H2,1-2H3/t9-,11-,15-/m0/s1. The number of Topliss-reactive ketones (excluding diaryl/α,β-unsaturated/α-hetero) is 1. The number of carbonyl (C=O) groups excluding carboxylic acids is 1. The molecule has 2 aliphatic carbocycles. The molecule has 2 bridgehead atoms. The first-order chi connectivity index (χ1) is 8.04. The van der Waals surface area contributed by atoms with Crippen LogP contribution >= 0.6 is 0 Å². The maximum Gasteiger partial charge on any atom is 0.166 e. The van der Waals surface area contributed by atoms with Gasteiger partial charge in [0.05, 0.1) is 0 Å². The SMILES string of the molecule is C[C@H]1[C@@H]2CCC[C@]1(C)c1cc(O)ccc1C2=O. The summed E-state index contributed by atoms with van der Waals surface area (Å²) in [6, 6.07) is 5.23. The molecule has 0 spiro atoms. The lowest BCUT2D eigenvalue weighted by Crippen LogP contribution is -2.47. The van der Waals surface area contributed by atoms with Gasteiger partial charge in [-0.15, -0.1) is 0 Å². The summed E-state index contributed by atoms with van der Waals surface area (Å²) in [6.07, 6.45) is 3.26. The van der Waals surface area contributed by atoms with Crippen LogP contribution in [0.3, 0.4) is 0 Å². The average Bonchev–Trinajstić information content (AvgIpc) is 2.30. The van der Waals surface area contributed by atoms with Crippen LogP contribution in [0.4, 0.5) is 0 Å². The lowest BCUT2D eigenvalue weighted by Gasteiger charge is -2.49. The van der Waals surface area contributed by atoms with Crippen molar-refractivity contribution < 1.29 is 9.90 Å². The van der Waals surface area contributed by atoms with Gasteiger partial charge in [-0.3, -0.25) is 4.79 Å². The van der Waals surface area contributed by atoms with Crippen LogP contribution in [0.15, 0.2) is 18.2 Å². The van der Waals surface area contributed by atoms with Crippen LogP contribution < -0.4 is 0 Å². The second kappa shape index (κ2) is 3.34. The number of ketones is 1. The maximum absolute atomic E-state index is 12.4. The third kappa shape index (κ3) is 1.30. The highest BCUT2D eigenvalue weighted by molar-refractivity contribution is 6.01. The molecule has 1 aromatic rings. The Kier molecular flexibility index (Phi) is 2.13. The van der Waals surface area contributed by atoms with E-state index in [0.717, 1.165) is 30.4 Å². The van der Waals surface area contributed by atoms with Crippen LogP contribution in [0.1, 0.15) is 49.0 Å². The lowest BCUT2D eigenvalue weighted by molar-refractivity contribution is 0.0667. The quantitative estimate of drug-likeness (QED) is 0.742. The van der Waals surface area contributed by atoms with Gasteiger partial charge in [0.2, 0.25) is 0 Å². The molecule has 1 saturated carbocycles. The third-order valence-electron chi connectivity index (χ3n) is 5.04. The fraction of sp³-hybridized carbons (Fsp3) is 0.533. The van der Waals surface area contributed by atoms with Crippen molar-refractivity contribution in [2.75, 3.05) is 0 Å². The molecule has 0 radical (unpaired) electrons. The first kappa shape index (κ1) is 10.8. The van der Waals surface area contributed by atoms with Crippen LogP contribution in [0.2, 0.25) is 0 Å². The number of phenols is 1. The lowest BCUT2D eigenvalue weighted by atomic mass is 9.54. The van der Waals surface area contributed by atoms with Crippen LogP contribution in [0.25, 0.3) is 0 Å². The zero-order valence-corrected chi connectivity index (χ0v) is 10.4. The summed E-state index contributed by atoms with van der Waals surface area (Å²) in [6.45, 7) is 4.43. The van der Waals surface area contributed by atoms with Gasteiger partial charge in [-0.1, -0.05) is 20.3 Å². The van der Waals surface area contributed by atoms with Crippen molar-refractivity contribution in [3.8, 4) is 5.75 Å². The maximum atomic E-state index is 12.4. The topological polar surface area (TPSA) is 37.3 Å². The van der Waals surface area contributed by atoms with Gasteiger partial charge in [-0.2, -0.15) is 0 Å². The summed E-state index contributed by atoms with van der Waals surface area (Å²) in [7, 11) is 0. The van der Waals surface area contributed by atoms with Crippen LogP contribution in [-0.2, 0) is 5.41 Å². The number of phenolic OH excluding ortho intramolecular Hbond substituents is 1. The predicted octanol–water partition coefficient (Wildman–Crippen LogP) is 3.28. The highest BCUT2D eigenvalue weighted by Crippen LogP contribution is 2.52. The van der Waals surface area contributed by atoms with E-state index in [9.17, 15) is 9.90 Å². The molecule has 0 heterocycles. The van der Waals surface area contributed by atoms with E-state index < -0.39 is 0 Å². The van der Waals surface area contributed by atoms with Crippen LogP contribution in [-0.4, -0.2) is 10.9 Å². The smallest absolute Gasteiger partial charge is 0.166 e. The number of aromatic hydroxyl groups is 1. The summed E-state index contributed by atoms with van der Waals surface area (Å²) in [4.78, 5) is 12.4. The van der Waals surface area contributed by atoms with Gasteiger partial charge in [0.15, 0.2) is 5.78 Å². The number of hydrogen-bond acceptors (Lipinski definition) is 2. The highest BCUT2D eigenvalue weighted by Gasteiger charge is 2.49. The highest BCUT2D eigenvalue weighted by atomic mass is 16.3. The molecule has 3 rings (SSSR count). The van der Waals surface area contributed by atoms with Crippen LogP contribution in [0, 0.1) is 11.8 Å². The molecular formula is C15H18O2. The largest absolute Gasteiger partial charge is 0.508 e. The number of fused-ring (bicyclic) bond motifs is 4. The fourth-order valence-corrected chi connectivity index (χ4v) is 3.77. The predicted molar refractivity (Wildman–Crippen MR) is 66.3 cm³/mol. The van der Waals surface area contributed by atoms with E-state index in [0.29, 0.717) is 5.92 Å². The van der Waals surface area contributed by atoms with E-state index in [1.54, 1.807) is 18.2 Å². The van der Waals surface area contributed by atoms with Crippen molar-refractivity contribution in [3.05, 3.63) is 29.3 Å². The molecule has 0 saturated heterocycles. The second-order valence-electron chi connectivity index (χ2n) is 5.80. The molecule has 90 valence electrons. The van der Waals surface area contributed by atoms with Gasteiger partial charge in [-0.05, 0) is 47.9 Å². The van der Waals surface area contributed by atoms with Gasteiger partial charge in [0, 0.05) is 11.5 Å². The summed E-state index contributed by atoms with van der Waals surface area (Å²) in [5.41, 5.74) is 1.96. The summed E-state index contributed by atoms with van der Waals surface area (Å²) < 4.78 is 0. The minimum absolute atomic E-state index is 0.0604. The molecular weight excluding hydrogens is 212 g/mol. The van der Waals surface area contributed by atoms with E-state index in [2.05, 4.69) is 13.8 Å². The van der Waals surface area contributed by atoms with E-state index in [1.165, 1.54) is 0 Å². The van der Waals surface area contributed by atoms with Crippen LogP contribution in [0.5, 0.6) is 5.75 Å². The Hall–Kier alpha value is -1.31. The molecule has 2 aliphatic rings. The molecule has 1 aromatic carbocycles. The van der Waals surface area contributed by atoms with E-state index in [1.807, 2.05) is 0 Å². The van der Waals surface area contributed by atoms with Crippen molar-refractivity contribution in [2.45, 2.75) is 38.5 Å². The molecule has 0 aliphatic heterocycles. The zero-order chi connectivity index (χ0) is 12.2. The molecule has 0 aromatic heterocycles. The molecule has 17 heavy (non-hydrogen) atoms. The van der Waals surface area contributed by atoms with E-state index >= 15 is 0 Å². The number of carbonyl (C=O) groups is 1. The van der Waals surface area contributed by atoms with Gasteiger partial charge in [0.1, 0.15) is 5.75 Å². The number of benzene rings is 1. The number of hydrogen-bond donors (Lipinski definition) is 1. The molecule has 3 atom stereocenters. The molecule has 1 fully saturated rings.